The molecule has 1 aromatic heterocycles. The van der Waals surface area contributed by atoms with Crippen molar-refractivity contribution in [1.82, 2.24) is 14.7 Å². The Kier molecular flexibility index (Phi) is 3.68. The molecule has 126 valence electrons. The van der Waals surface area contributed by atoms with Gasteiger partial charge >= 0.3 is 0 Å². The number of amides is 1. The molecule has 2 aromatic rings. The number of aryl methyl sites for hydroxylation is 1. The van der Waals surface area contributed by atoms with Gasteiger partial charge in [-0.25, -0.2) is 13.5 Å². The van der Waals surface area contributed by atoms with Crippen LogP contribution in [-0.4, -0.2) is 40.3 Å². The second kappa shape index (κ2) is 5.73. The van der Waals surface area contributed by atoms with E-state index in [1.165, 1.54) is 4.68 Å². The zero-order chi connectivity index (χ0) is 16.8. The van der Waals surface area contributed by atoms with Crippen molar-refractivity contribution < 1.29 is 18.3 Å². The Hall–Kier alpha value is -2.15. The summed E-state index contributed by atoms with van der Waals surface area (Å²) in [5, 5.41) is 3.99. The summed E-state index contributed by atoms with van der Waals surface area (Å²) in [6, 6.07) is 1.89. The third-order valence-corrected chi connectivity index (χ3v) is 4.57. The van der Waals surface area contributed by atoms with Crippen molar-refractivity contribution in [2.75, 3.05) is 19.7 Å². The van der Waals surface area contributed by atoms with Crippen LogP contribution in [0.1, 0.15) is 23.3 Å². The first kappa shape index (κ1) is 15.4. The van der Waals surface area contributed by atoms with Crippen LogP contribution in [0.15, 0.2) is 12.1 Å². The van der Waals surface area contributed by atoms with Crippen LogP contribution in [0.3, 0.4) is 0 Å². The predicted octanol–water partition coefficient (Wildman–Crippen LogP) is 3.11. The summed E-state index contributed by atoms with van der Waals surface area (Å²) in [6.07, 6.45) is 1.66. The number of aromatic nitrogens is 2. The molecule has 0 aliphatic carbocycles. The highest BCUT2D eigenvalue weighted by Crippen LogP contribution is 2.39. The minimum atomic E-state index is -0.758. The highest BCUT2D eigenvalue weighted by Gasteiger charge is 2.33. The third-order valence-electron chi connectivity index (χ3n) is 4.28. The summed E-state index contributed by atoms with van der Waals surface area (Å²) in [6.45, 7) is 2.28. The zero-order valence-electron chi connectivity index (χ0n) is 12.7. The number of hydrogen-bond donors (Lipinski definition) is 0. The Labute approximate surface area is 141 Å². The molecule has 1 amide bonds. The van der Waals surface area contributed by atoms with E-state index in [-0.39, 0.29) is 27.8 Å². The average molecular weight is 354 g/mol. The number of rotatable bonds is 2. The first-order valence-electron chi connectivity index (χ1n) is 7.74. The molecule has 1 fully saturated rings. The van der Waals surface area contributed by atoms with Crippen molar-refractivity contribution in [3.8, 4) is 17.0 Å². The van der Waals surface area contributed by atoms with E-state index in [9.17, 15) is 13.6 Å². The van der Waals surface area contributed by atoms with E-state index >= 15 is 0 Å². The third kappa shape index (κ3) is 2.34. The monoisotopic (exact) mass is 353 g/mol. The number of hydrogen-bond acceptors (Lipinski definition) is 3. The van der Waals surface area contributed by atoms with Crippen molar-refractivity contribution in [2.45, 2.75) is 19.4 Å². The molecule has 0 radical (unpaired) electrons. The molecule has 0 N–H and O–H groups in total. The summed E-state index contributed by atoms with van der Waals surface area (Å²) in [5.41, 5.74) is 0.218. The topological polar surface area (TPSA) is 47.4 Å². The molecule has 2 aliphatic rings. The maximum Gasteiger partial charge on any atom is 0.275 e. The molecule has 5 nitrogen and oxygen atoms in total. The Balaban J connectivity index is 1.91. The van der Waals surface area contributed by atoms with Crippen LogP contribution in [0.25, 0.3) is 11.1 Å². The van der Waals surface area contributed by atoms with Crippen molar-refractivity contribution in [1.29, 1.82) is 0 Å². The molecular formula is C16H14ClF2N3O2. The van der Waals surface area contributed by atoms with Crippen LogP contribution in [0, 0.1) is 11.6 Å². The predicted molar refractivity (Wildman–Crippen MR) is 83.2 cm³/mol. The van der Waals surface area contributed by atoms with Gasteiger partial charge in [0.25, 0.3) is 5.91 Å². The lowest BCUT2D eigenvalue weighted by atomic mass is 10.0. The largest absolute Gasteiger partial charge is 0.477 e. The van der Waals surface area contributed by atoms with Gasteiger partial charge in [0.2, 0.25) is 5.88 Å². The molecule has 1 aromatic carbocycles. The van der Waals surface area contributed by atoms with Gasteiger partial charge in [-0.3, -0.25) is 4.79 Å². The van der Waals surface area contributed by atoms with Crippen molar-refractivity contribution in [2.24, 2.45) is 0 Å². The smallest absolute Gasteiger partial charge is 0.275 e. The maximum absolute atomic E-state index is 14.4. The molecule has 0 unspecified atom stereocenters. The van der Waals surface area contributed by atoms with Crippen LogP contribution in [0.4, 0.5) is 8.78 Å². The Morgan fingerprint density at radius 1 is 1.17 bits per heavy atom. The van der Waals surface area contributed by atoms with E-state index in [1.807, 2.05) is 0 Å². The van der Waals surface area contributed by atoms with Crippen LogP contribution in [0.5, 0.6) is 5.88 Å². The minimum absolute atomic E-state index is 0.0658. The molecule has 0 spiro atoms. The molecule has 0 saturated carbocycles. The molecule has 2 aliphatic heterocycles. The van der Waals surface area contributed by atoms with Crippen LogP contribution in [-0.2, 0) is 6.54 Å². The van der Waals surface area contributed by atoms with Gasteiger partial charge in [-0.1, -0.05) is 11.6 Å². The van der Waals surface area contributed by atoms with Gasteiger partial charge in [-0.15, -0.1) is 0 Å². The molecule has 24 heavy (non-hydrogen) atoms. The summed E-state index contributed by atoms with van der Waals surface area (Å²) < 4.78 is 35.5. The van der Waals surface area contributed by atoms with Crippen LogP contribution in [0.2, 0.25) is 5.02 Å². The van der Waals surface area contributed by atoms with Gasteiger partial charge in [0.05, 0.1) is 17.2 Å². The van der Waals surface area contributed by atoms with E-state index in [2.05, 4.69) is 5.10 Å². The number of halogens is 3. The zero-order valence-corrected chi connectivity index (χ0v) is 13.4. The molecule has 3 heterocycles. The quantitative estimate of drug-likeness (QED) is 0.779. The average Bonchev–Trinajstić information content (AvgIpc) is 2.88. The van der Waals surface area contributed by atoms with Gasteiger partial charge in [-0.2, -0.15) is 5.10 Å². The fourth-order valence-electron chi connectivity index (χ4n) is 2.90. The first-order chi connectivity index (χ1) is 11.6. The molecule has 4 rings (SSSR count). The number of benzene rings is 1. The summed E-state index contributed by atoms with van der Waals surface area (Å²) >= 11 is 5.63. The molecule has 8 heteroatoms. The molecule has 1 saturated heterocycles. The van der Waals surface area contributed by atoms with E-state index in [4.69, 9.17) is 16.3 Å². The van der Waals surface area contributed by atoms with Gasteiger partial charge in [0.15, 0.2) is 5.69 Å². The fraction of sp³-hybridized carbons (Fsp3) is 0.375. The first-order valence-corrected chi connectivity index (χ1v) is 8.12. The molecule has 0 atom stereocenters. The summed E-state index contributed by atoms with van der Waals surface area (Å²) in [4.78, 5) is 14.3. The van der Waals surface area contributed by atoms with Crippen molar-refractivity contribution in [3.63, 3.8) is 0 Å². The summed E-state index contributed by atoms with van der Waals surface area (Å²) in [5.74, 6) is -1.47. The Bertz CT molecular complexity index is 833. The number of carbonyl (C=O) groups excluding carboxylic acids is 1. The highest BCUT2D eigenvalue weighted by atomic mass is 35.5. The van der Waals surface area contributed by atoms with Gasteiger partial charge < -0.3 is 9.64 Å². The lowest BCUT2D eigenvalue weighted by Crippen LogP contribution is -2.42. The standard InChI is InChI=1S/C16H14ClF2N3O2/c17-10-8-11(18)9(7-12(10)19)13-14(15(23)21-3-1-4-21)20-22-5-2-6-24-16(13)22/h7-8H,1-6H2. The SMILES string of the molecule is O=C(c1nn2c(c1-c1cc(F)c(Cl)cc1F)OCCC2)N1CCC1. The van der Waals surface area contributed by atoms with E-state index < -0.39 is 11.6 Å². The highest BCUT2D eigenvalue weighted by molar-refractivity contribution is 6.30. The number of nitrogens with zero attached hydrogens (tertiary/aromatic N) is 3. The normalized spacial score (nSPS) is 16.4. The maximum atomic E-state index is 14.4. The molecular weight excluding hydrogens is 340 g/mol. The summed E-state index contributed by atoms with van der Waals surface area (Å²) in [7, 11) is 0. The van der Waals surface area contributed by atoms with E-state index in [1.54, 1.807) is 4.90 Å². The lowest BCUT2D eigenvalue weighted by molar-refractivity contribution is 0.0645. The van der Waals surface area contributed by atoms with Crippen LogP contribution < -0.4 is 4.74 Å². The fourth-order valence-corrected chi connectivity index (χ4v) is 3.05. The van der Waals surface area contributed by atoms with E-state index in [0.717, 1.165) is 25.0 Å². The second-order valence-electron chi connectivity index (χ2n) is 5.85. The van der Waals surface area contributed by atoms with E-state index in [0.29, 0.717) is 32.1 Å². The number of likely N-dealkylation sites (tertiary alicyclic amines) is 1. The van der Waals surface area contributed by atoms with Crippen molar-refractivity contribution >= 4 is 17.5 Å². The van der Waals surface area contributed by atoms with Gasteiger partial charge in [0.1, 0.15) is 11.6 Å². The number of carbonyl (C=O) groups is 1. The minimum Gasteiger partial charge on any atom is -0.477 e. The van der Waals surface area contributed by atoms with Crippen LogP contribution >= 0.6 is 11.6 Å². The Morgan fingerprint density at radius 3 is 2.67 bits per heavy atom. The second-order valence-corrected chi connectivity index (χ2v) is 6.25. The number of ether oxygens (including phenoxy) is 1. The number of fused-ring (bicyclic) bond motifs is 1. The molecule has 0 bridgehead atoms. The Morgan fingerprint density at radius 2 is 1.96 bits per heavy atom. The lowest BCUT2D eigenvalue weighted by Gasteiger charge is -2.30. The van der Waals surface area contributed by atoms with Crippen molar-refractivity contribution in [3.05, 3.63) is 34.5 Å². The van der Waals surface area contributed by atoms with Gasteiger partial charge in [-0.05, 0) is 18.6 Å². The van der Waals surface area contributed by atoms with Gasteiger partial charge in [0, 0.05) is 31.6 Å².